The van der Waals surface area contributed by atoms with Gasteiger partial charge in [-0.2, -0.15) is 0 Å². The third kappa shape index (κ3) is 5.53. The maximum atomic E-state index is 3.49. The van der Waals surface area contributed by atoms with Crippen LogP contribution in [-0.2, 0) is 0 Å². The molecular weight excluding hydrogens is 184 g/mol. The van der Waals surface area contributed by atoms with Crippen molar-refractivity contribution >= 4 is 0 Å². The van der Waals surface area contributed by atoms with Crippen LogP contribution in [0.1, 0.15) is 52.9 Å². The molecule has 1 fully saturated rings. The summed E-state index contributed by atoms with van der Waals surface area (Å²) in [6.45, 7) is 10.5. The summed E-state index contributed by atoms with van der Waals surface area (Å²) in [6.07, 6.45) is 6.88. The minimum atomic E-state index is 0.679. The van der Waals surface area contributed by atoms with E-state index in [1.54, 1.807) is 0 Å². The number of unbranched alkanes of at least 4 members (excludes halogenated alkanes) is 1. The first kappa shape index (κ1) is 13.0. The van der Waals surface area contributed by atoms with Crippen LogP contribution in [0.25, 0.3) is 0 Å². The molecule has 0 aromatic rings. The minimum absolute atomic E-state index is 0.679. The molecule has 0 heterocycles. The van der Waals surface area contributed by atoms with Crippen molar-refractivity contribution in [1.29, 1.82) is 0 Å². The van der Waals surface area contributed by atoms with Gasteiger partial charge in [-0.25, -0.2) is 0 Å². The number of nitrogens with one attached hydrogen (secondary N) is 1. The van der Waals surface area contributed by atoms with Crippen LogP contribution in [0, 0.1) is 0 Å². The molecule has 15 heavy (non-hydrogen) atoms. The molecule has 1 aliphatic carbocycles. The molecule has 0 saturated heterocycles. The summed E-state index contributed by atoms with van der Waals surface area (Å²) in [5.74, 6) is 0. The fourth-order valence-corrected chi connectivity index (χ4v) is 2.09. The molecule has 2 nitrogen and oxygen atoms in total. The molecule has 0 bridgehead atoms. The number of hydrogen-bond donors (Lipinski definition) is 1. The first-order valence-corrected chi connectivity index (χ1v) is 6.75. The molecule has 0 radical (unpaired) electrons. The molecule has 1 saturated carbocycles. The lowest BCUT2D eigenvalue weighted by Gasteiger charge is -2.23. The second-order valence-corrected chi connectivity index (χ2v) is 4.87. The lowest BCUT2D eigenvalue weighted by atomic mass is 10.2. The molecule has 0 aromatic carbocycles. The van der Waals surface area contributed by atoms with E-state index in [4.69, 9.17) is 0 Å². The molecule has 0 aliphatic heterocycles. The Kier molecular flexibility index (Phi) is 6.26. The van der Waals surface area contributed by atoms with Gasteiger partial charge in [0.25, 0.3) is 0 Å². The Morgan fingerprint density at radius 1 is 1.27 bits per heavy atom. The fourth-order valence-electron chi connectivity index (χ4n) is 2.09. The second kappa shape index (κ2) is 7.24. The van der Waals surface area contributed by atoms with Crippen molar-refractivity contribution < 1.29 is 0 Å². The van der Waals surface area contributed by atoms with Crippen molar-refractivity contribution in [2.24, 2.45) is 0 Å². The number of rotatable bonds is 9. The molecule has 1 atom stereocenters. The summed E-state index contributed by atoms with van der Waals surface area (Å²) in [7, 11) is 0. The van der Waals surface area contributed by atoms with Gasteiger partial charge < -0.3 is 10.2 Å². The lowest BCUT2D eigenvalue weighted by Crippen LogP contribution is -2.34. The van der Waals surface area contributed by atoms with Gasteiger partial charge in [-0.05, 0) is 52.2 Å². The Hall–Kier alpha value is -0.0800. The van der Waals surface area contributed by atoms with Gasteiger partial charge in [0.05, 0.1) is 0 Å². The highest BCUT2D eigenvalue weighted by Gasteiger charge is 2.28. The van der Waals surface area contributed by atoms with Gasteiger partial charge in [-0.3, -0.25) is 0 Å². The van der Waals surface area contributed by atoms with Crippen LogP contribution < -0.4 is 5.32 Å². The SMILES string of the molecule is CCCCN(CCC(C)NCC)C1CC1. The number of hydrogen-bond acceptors (Lipinski definition) is 2. The molecule has 90 valence electrons. The zero-order valence-corrected chi connectivity index (χ0v) is 10.8. The predicted octanol–water partition coefficient (Wildman–Crippen LogP) is 2.64. The third-order valence-electron chi connectivity index (χ3n) is 3.26. The Balaban J connectivity index is 2.13. The van der Waals surface area contributed by atoms with Gasteiger partial charge in [0.15, 0.2) is 0 Å². The van der Waals surface area contributed by atoms with Crippen molar-refractivity contribution in [3.8, 4) is 0 Å². The highest BCUT2D eigenvalue weighted by atomic mass is 15.2. The summed E-state index contributed by atoms with van der Waals surface area (Å²) < 4.78 is 0. The van der Waals surface area contributed by atoms with Crippen molar-refractivity contribution in [3.05, 3.63) is 0 Å². The molecule has 1 unspecified atom stereocenters. The Bertz CT molecular complexity index is 155. The molecule has 2 heteroatoms. The zero-order chi connectivity index (χ0) is 11.1. The summed E-state index contributed by atoms with van der Waals surface area (Å²) in [5, 5.41) is 3.49. The van der Waals surface area contributed by atoms with Crippen molar-refractivity contribution in [2.45, 2.75) is 65.0 Å². The van der Waals surface area contributed by atoms with E-state index in [1.165, 1.54) is 45.2 Å². The monoisotopic (exact) mass is 212 g/mol. The van der Waals surface area contributed by atoms with Crippen LogP contribution in [0.3, 0.4) is 0 Å². The van der Waals surface area contributed by atoms with Gasteiger partial charge in [-0.15, -0.1) is 0 Å². The van der Waals surface area contributed by atoms with Crippen LogP contribution in [0.15, 0.2) is 0 Å². The van der Waals surface area contributed by atoms with Crippen LogP contribution in [0.5, 0.6) is 0 Å². The van der Waals surface area contributed by atoms with Crippen molar-refractivity contribution in [2.75, 3.05) is 19.6 Å². The first-order valence-electron chi connectivity index (χ1n) is 6.75. The van der Waals surface area contributed by atoms with E-state index >= 15 is 0 Å². The molecule has 1 aliphatic rings. The molecule has 0 spiro atoms. The molecule has 1 N–H and O–H groups in total. The summed E-state index contributed by atoms with van der Waals surface area (Å²) >= 11 is 0. The predicted molar refractivity (Wildman–Crippen MR) is 67.3 cm³/mol. The smallest absolute Gasteiger partial charge is 0.00964 e. The van der Waals surface area contributed by atoms with Crippen molar-refractivity contribution in [3.63, 3.8) is 0 Å². The zero-order valence-electron chi connectivity index (χ0n) is 10.8. The maximum absolute atomic E-state index is 3.49. The topological polar surface area (TPSA) is 15.3 Å². The summed E-state index contributed by atoms with van der Waals surface area (Å²) in [5.41, 5.74) is 0. The van der Waals surface area contributed by atoms with Gasteiger partial charge in [0, 0.05) is 12.1 Å². The van der Waals surface area contributed by atoms with Crippen LogP contribution in [0.4, 0.5) is 0 Å². The number of nitrogens with zero attached hydrogens (tertiary/aromatic N) is 1. The second-order valence-electron chi connectivity index (χ2n) is 4.87. The van der Waals surface area contributed by atoms with Crippen LogP contribution in [0.2, 0.25) is 0 Å². The molecule has 0 amide bonds. The van der Waals surface area contributed by atoms with Gasteiger partial charge >= 0.3 is 0 Å². The van der Waals surface area contributed by atoms with E-state index in [-0.39, 0.29) is 0 Å². The standard InChI is InChI=1S/C13H28N2/c1-4-6-10-15(13-7-8-13)11-9-12(3)14-5-2/h12-14H,4-11H2,1-3H3. The quantitative estimate of drug-likeness (QED) is 0.632. The van der Waals surface area contributed by atoms with Crippen molar-refractivity contribution in [1.82, 2.24) is 10.2 Å². The normalized spacial score (nSPS) is 18.4. The van der Waals surface area contributed by atoms with E-state index in [0.717, 1.165) is 12.6 Å². The summed E-state index contributed by atoms with van der Waals surface area (Å²) in [6, 6.07) is 1.61. The Morgan fingerprint density at radius 3 is 2.53 bits per heavy atom. The fraction of sp³-hybridized carbons (Fsp3) is 1.00. The average Bonchev–Trinajstić information content (AvgIpc) is 3.02. The van der Waals surface area contributed by atoms with Gasteiger partial charge in [-0.1, -0.05) is 20.3 Å². The Labute approximate surface area is 95.4 Å². The lowest BCUT2D eigenvalue weighted by molar-refractivity contribution is 0.246. The van der Waals surface area contributed by atoms with E-state index in [9.17, 15) is 0 Å². The first-order chi connectivity index (χ1) is 7.27. The highest BCUT2D eigenvalue weighted by Crippen LogP contribution is 2.27. The minimum Gasteiger partial charge on any atom is -0.314 e. The molecule has 1 rings (SSSR count). The van der Waals surface area contributed by atoms with E-state index in [2.05, 4.69) is 31.0 Å². The average molecular weight is 212 g/mol. The van der Waals surface area contributed by atoms with Crippen LogP contribution in [-0.4, -0.2) is 36.6 Å². The molecular formula is C13H28N2. The summed E-state index contributed by atoms with van der Waals surface area (Å²) in [4.78, 5) is 2.71. The van der Waals surface area contributed by atoms with Gasteiger partial charge in [0.2, 0.25) is 0 Å². The van der Waals surface area contributed by atoms with E-state index < -0.39 is 0 Å². The van der Waals surface area contributed by atoms with E-state index in [0.29, 0.717) is 6.04 Å². The van der Waals surface area contributed by atoms with E-state index in [1.807, 2.05) is 0 Å². The largest absolute Gasteiger partial charge is 0.314 e. The maximum Gasteiger partial charge on any atom is 0.00964 e. The Morgan fingerprint density at radius 2 is 2.00 bits per heavy atom. The highest BCUT2D eigenvalue weighted by molar-refractivity contribution is 4.84. The third-order valence-corrected chi connectivity index (χ3v) is 3.26. The van der Waals surface area contributed by atoms with Gasteiger partial charge in [0.1, 0.15) is 0 Å². The van der Waals surface area contributed by atoms with Crippen LogP contribution >= 0.6 is 0 Å². The molecule has 0 aromatic heterocycles.